The lowest BCUT2D eigenvalue weighted by molar-refractivity contribution is 0.614. The fraction of sp³-hybridized carbons (Fsp3) is 0.138. The summed E-state index contributed by atoms with van der Waals surface area (Å²) in [4.78, 5) is 15.1. The summed E-state index contributed by atoms with van der Waals surface area (Å²) in [6, 6.07) is 21.9. The second-order valence-corrected chi connectivity index (χ2v) is 11.7. The number of pyridine rings is 1. The fourth-order valence-corrected chi connectivity index (χ4v) is 7.15. The summed E-state index contributed by atoms with van der Waals surface area (Å²) in [6.07, 6.45) is 1.91. The van der Waals surface area contributed by atoms with Crippen molar-refractivity contribution >= 4 is 43.7 Å². The number of fused-ring (bicyclic) bond motifs is 2. The highest BCUT2D eigenvalue weighted by Gasteiger charge is 2.29. The van der Waals surface area contributed by atoms with Gasteiger partial charge in [0, 0.05) is 37.0 Å². The zero-order chi connectivity index (χ0) is 25.4. The molecule has 0 aliphatic carbocycles. The minimum atomic E-state index is -2.92. The van der Waals surface area contributed by atoms with Crippen LogP contribution in [0.25, 0.3) is 21.8 Å². The number of unbranched alkanes of at least 4 members (excludes halogenated alkanes) is 1. The molecule has 4 aromatic carbocycles. The summed E-state index contributed by atoms with van der Waals surface area (Å²) in [5, 5.41) is 1.43. The molecule has 0 aliphatic rings. The van der Waals surface area contributed by atoms with Crippen LogP contribution in [0.3, 0.4) is 0 Å². The topological polar surface area (TPSA) is 42.2 Å². The zero-order valence-electron chi connectivity index (χ0n) is 19.5. The van der Waals surface area contributed by atoms with Crippen LogP contribution in [0, 0.1) is 11.6 Å². The molecule has 3 nitrogen and oxygen atoms in total. The molecule has 1 aromatic heterocycles. The van der Waals surface area contributed by atoms with Gasteiger partial charge in [0.05, 0.1) is 11.0 Å². The van der Waals surface area contributed by atoms with Crippen molar-refractivity contribution in [2.45, 2.75) is 41.0 Å². The predicted octanol–water partition coefficient (Wildman–Crippen LogP) is 8.64. The molecule has 0 bridgehead atoms. The molecule has 0 saturated heterocycles. The number of nitrogens with zero attached hydrogens (tertiary/aromatic N) is 1. The fourth-order valence-electron chi connectivity index (χ4n) is 4.54. The predicted molar refractivity (Wildman–Crippen MR) is 143 cm³/mol. The van der Waals surface area contributed by atoms with Gasteiger partial charge in [-0.2, -0.15) is 0 Å². The third kappa shape index (κ3) is 4.19. The molecule has 5 rings (SSSR count). The first-order valence-electron chi connectivity index (χ1n) is 11.7. The first kappa shape index (κ1) is 24.5. The lowest BCUT2D eigenvalue weighted by Gasteiger charge is -2.35. The molecule has 36 heavy (non-hydrogen) atoms. The molecule has 1 heterocycles. The highest BCUT2D eigenvalue weighted by atomic mass is 35.5. The Balaban J connectivity index is 1.82. The van der Waals surface area contributed by atoms with Crippen LogP contribution >= 0.6 is 21.9 Å². The van der Waals surface area contributed by atoms with Crippen molar-refractivity contribution in [3.05, 3.63) is 112 Å². The van der Waals surface area contributed by atoms with E-state index in [9.17, 15) is 18.1 Å². The van der Waals surface area contributed by atoms with E-state index in [1.165, 1.54) is 48.5 Å². The molecule has 1 N–H and O–H groups in total. The Bertz CT molecular complexity index is 1590. The van der Waals surface area contributed by atoms with E-state index in [2.05, 4.69) is 11.5 Å². The molecule has 0 aliphatic heterocycles. The van der Waals surface area contributed by atoms with Gasteiger partial charge in [-0.15, -0.1) is 0 Å². The van der Waals surface area contributed by atoms with E-state index in [1.807, 2.05) is 12.1 Å². The van der Waals surface area contributed by atoms with E-state index in [0.29, 0.717) is 30.5 Å². The summed E-state index contributed by atoms with van der Waals surface area (Å²) in [5.74, 6) is -0.861. The van der Waals surface area contributed by atoms with Gasteiger partial charge in [-0.05, 0) is 91.3 Å². The van der Waals surface area contributed by atoms with Crippen LogP contribution in [0.4, 0.5) is 8.78 Å². The van der Waals surface area contributed by atoms with Crippen molar-refractivity contribution in [3.63, 3.8) is 0 Å². The monoisotopic (exact) mass is 523 g/mol. The first-order valence-corrected chi connectivity index (χ1v) is 13.6. The standard InChI is InChI=1S/C29H24ClF2NO2S/c1-2-3-16-33-27-14-4-19(30)17-25(27)29(34)26-18-24(13-15-28(26)33)36(35,22-9-5-20(31)6-10-22)23-11-7-21(32)8-12-23/h4-15,17-18,35H,2-3,16H2,1H3. The summed E-state index contributed by atoms with van der Waals surface area (Å²) in [6.45, 7) is 2.83. The quantitative estimate of drug-likeness (QED) is 0.226. The van der Waals surface area contributed by atoms with Gasteiger partial charge in [-0.3, -0.25) is 4.79 Å². The van der Waals surface area contributed by atoms with Crippen LogP contribution in [0.15, 0.2) is 104 Å². The molecule has 5 aromatic rings. The molecule has 7 heteroatoms. The van der Waals surface area contributed by atoms with Gasteiger partial charge in [0.1, 0.15) is 11.6 Å². The van der Waals surface area contributed by atoms with E-state index >= 15 is 0 Å². The Morgan fingerprint density at radius 1 is 0.778 bits per heavy atom. The minimum Gasteiger partial charge on any atom is -0.340 e. The lowest BCUT2D eigenvalue weighted by Crippen LogP contribution is -2.13. The average molecular weight is 524 g/mol. The number of rotatable bonds is 6. The van der Waals surface area contributed by atoms with E-state index in [4.69, 9.17) is 11.6 Å². The van der Waals surface area contributed by atoms with Crippen LogP contribution in [0.5, 0.6) is 0 Å². The number of halogens is 3. The molecular formula is C29H24ClF2NO2S. The zero-order valence-corrected chi connectivity index (χ0v) is 21.1. The number of hydrogen-bond donors (Lipinski definition) is 1. The summed E-state index contributed by atoms with van der Waals surface area (Å²) in [7, 11) is -2.92. The summed E-state index contributed by atoms with van der Waals surface area (Å²) < 4.78 is 41.8. The van der Waals surface area contributed by atoms with E-state index < -0.39 is 21.9 Å². The van der Waals surface area contributed by atoms with Crippen LogP contribution in [0.1, 0.15) is 19.8 Å². The van der Waals surface area contributed by atoms with E-state index in [-0.39, 0.29) is 5.43 Å². The highest BCUT2D eigenvalue weighted by molar-refractivity contribution is 8.29. The molecule has 0 atom stereocenters. The summed E-state index contributed by atoms with van der Waals surface area (Å²) in [5.41, 5.74) is 1.38. The van der Waals surface area contributed by atoms with E-state index in [1.54, 1.807) is 24.3 Å². The van der Waals surface area contributed by atoms with Gasteiger partial charge in [0.25, 0.3) is 0 Å². The van der Waals surface area contributed by atoms with Crippen molar-refractivity contribution in [1.29, 1.82) is 0 Å². The minimum absolute atomic E-state index is 0.183. The van der Waals surface area contributed by atoms with Crippen molar-refractivity contribution in [1.82, 2.24) is 4.57 Å². The van der Waals surface area contributed by atoms with Crippen LogP contribution in [-0.2, 0) is 6.54 Å². The van der Waals surface area contributed by atoms with Gasteiger partial charge in [-0.25, -0.2) is 8.78 Å². The number of hydrogen-bond acceptors (Lipinski definition) is 2. The van der Waals surface area contributed by atoms with Crippen molar-refractivity contribution in [3.8, 4) is 0 Å². The molecule has 0 saturated carbocycles. The van der Waals surface area contributed by atoms with E-state index in [0.717, 1.165) is 30.4 Å². The Labute approximate surface area is 214 Å². The molecule has 0 spiro atoms. The van der Waals surface area contributed by atoms with Crippen molar-refractivity contribution < 1.29 is 13.3 Å². The van der Waals surface area contributed by atoms with Gasteiger partial charge >= 0.3 is 0 Å². The maximum atomic E-state index is 13.7. The molecule has 0 radical (unpaired) electrons. The molecule has 0 amide bonds. The SMILES string of the molecule is CCCCn1c2ccc(Cl)cc2c(=O)c2cc(S(O)(c3ccc(F)cc3)c3ccc(F)cc3)ccc21. The lowest BCUT2D eigenvalue weighted by atomic mass is 10.1. The second kappa shape index (κ2) is 9.69. The Hall–Kier alpha value is -3.19. The van der Waals surface area contributed by atoms with Crippen LogP contribution < -0.4 is 5.43 Å². The largest absolute Gasteiger partial charge is 0.340 e. The highest BCUT2D eigenvalue weighted by Crippen LogP contribution is 2.65. The van der Waals surface area contributed by atoms with Crippen LogP contribution in [0.2, 0.25) is 5.02 Å². The Morgan fingerprint density at radius 3 is 1.83 bits per heavy atom. The number of aryl methyl sites for hydroxylation is 1. The maximum absolute atomic E-state index is 13.7. The molecular weight excluding hydrogens is 500 g/mol. The summed E-state index contributed by atoms with van der Waals surface area (Å²) >= 11 is 6.24. The third-order valence-corrected chi connectivity index (χ3v) is 9.46. The first-order chi connectivity index (χ1) is 17.3. The van der Waals surface area contributed by atoms with Gasteiger partial charge in [-0.1, -0.05) is 35.3 Å². The molecule has 0 fully saturated rings. The normalized spacial score (nSPS) is 12.4. The van der Waals surface area contributed by atoms with Gasteiger partial charge in [0.15, 0.2) is 5.43 Å². The smallest absolute Gasteiger partial charge is 0.197 e. The van der Waals surface area contributed by atoms with Crippen molar-refractivity contribution in [2.24, 2.45) is 0 Å². The third-order valence-electron chi connectivity index (χ3n) is 6.38. The maximum Gasteiger partial charge on any atom is 0.197 e. The number of benzene rings is 4. The Kier molecular flexibility index (Phi) is 6.60. The second-order valence-electron chi connectivity index (χ2n) is 8.66. The van der Waals surface area contributed by atoms with Gasteiger partial charge in [0.2, 0.25) is 0 Å². The molecule has 184 valence electrons. The average Bonchev–Trinajstić information content (AvgIpc) is 2.89. The number of aromatic nitrogens is 1. The Morgan fingerprint density at radius 2 is 1.28 bits per heavy atom. The van der Waals surface area contributed by atoms with Crippen molar-refractivity contribution in [2.75, 3.05) is 0 Å². The van der Waals surface area contributed by atoms with Crippen LogP contribution in [-0.4, -0.2) is 9.12 Å². The van der Waals surface area contributed by atoms with Gasteiger partial charge < -0.3 is 9.12 Å². The molecule has 0 unspecified atom stereocenters.